The number of rotatable bonds is 9. The third kappa shape index (κ3) is 6.71. The van der Waals surface area contributed by atoms with Crippen molar-refractivity contribution in [3.8, 4) is 0 Å². The highest BCUT2D eigenvalue weighted by molar-refractivity contribution is 7.99. The van der Waals surface area contributed by atoms with E-state index in [9.17, 15) is 14.7 Å². The lowest BCUT2D eigenvalue weighted by atomic mass is 9.91. The van der Waals surface area contributed by atoms with Gasteiger partial charge in [-0.2, -0.15) is 0 Å². The minimum atomic E-state index is -0.731. The van der Waals surface area contributed by atoms with Gasteiger partial charge in [0.1, 0.15) is 0 Å². The summed E-state index contributed by atoms with van der Waals surface area (Å²) < 4.78 is 14.6. The lowest BCUT2D eigenvalue weighted by Crippen LogP contribution is -2.38. The average molecular weight is 574 g/mol. The molecule has 1 aliphatic rings. The summed E-state index contributed by atoms with van der Waals surface area (Å²) in [5.74, 6) is 0.190. The fraction of sp³-hybridized carbons (Fsp3) is 0.300. The van der Waals surface area contributed by atoms with E-state index in [1.165, 1.54) is 18.7 Å². The summed E-state index contributed by atoms with van der Waals surface area (Å²) >= 11 is 1.50. The summed E-state index contributed by atoms with van der Waals surface area (Å²) in [6.45, 7) is 3.53. The first-order valence-electron chi connectivity index (χ1n) is 13.2. The quantitative estimate of drug-likeness (QED) is 0.215. The van der Waals surface area contributed by atoms with Crippen molar-refractivity contribution in [3.63, 3.8) is 0 Å². The number of ether oxygens (including phenoxy) is 2. The number of carbonyl (C=O) groups is 2. The Kier molecular flexibility index (Phi) is 8.89. The van der Waals surface area contributed by atoms with Gasteiger partial charge in [0, 0.05) is 41.1 Å². The molecule has 0 radical (unpaired) electrons. The van der Waals surface area contributed by atoms with Crippen molar-refractivity contribution in [1.29, 1.82) is 0 Å². The number of aliphatic hydroxyl groups excluding tert-OH is 1. The number of hydrogen-bond donors (Lipinski definition) is 2. The normalized spacial score (nSPS) is 20.5. The van der Waals surface area contributed by atoms with Crippen LogP contribution in [-0.2, 0) is 23.1 Å². The second-order valence-corrected chi connectivity index (χ2v) is 10.9. The predicted molar refractivity (Wildman–Crippen MR) is 153 cm³/mol. The number of amides is 1. The molecule has 212 valence electrons. The number of benzene rings is 3. The van der Waals surface area contributed by atoms with Crippen molar-refractivity contribution >= 4 is 29.1 Å². The van der Waals surface area contributed by atoms with Crippen LogP contribution in [-0.4, -0.2) is 48.9 Å². The van der Waals surface area contributed by atoms with Crippen molar-refractivity contribution < 1.29 is 24.2 Å². The monoisotopic (exact) mass is 573 g/mol. The van der Waals surface area contributed by atoms with Gasteiger partial charge in [0.2, 0.25) is 5.16 Å². The topological polar surface area (TPSA) is 128 Å². The molecule has 0 saturated carbocycles. The predicted octanol–water partition coefficient (Wildman–Crippen LogP) is 4.74. The van der Waals surface area contributed by atoms with Crippen LogP contribution in [0.3, 0.4) is 0 Å². The van der Waals surface area contributed by atoms with Crippen molar-refractivity contribution in [3.05, 3.63) is 101 Å². The van der Waals surface area contributed by atoms with Gasteiger partial charge in [0.05, 0.1) is 18.8 Å². The number of aromatic nitrogens is 4. The molecule has 1 aromatic heterocycles. The molecule has 5 rings (SSSR count). The summed E-state index contributed by atoms with van der Waals surface area (Å²) in [6, 6.07) is 21.7. The first kappa shape index (κ1) is 28.6. The van der Waals surface area contributed by atoms with Gasteiger partial charge in [-0.05, 0) is 52.7 Å². The summed E-state index contributed by atoms with van der Waals surface area (Å²) in [7, 11) is 1.79. The number of aryl methyl sites for hydroxylation is 1. The molecule has 0 spiro atoms. The molecule has 41 heavy (non-hydrogen) atoms. The molecule has 4 unspecified atom stereocenters. The number of thioether (sulfide) groups is 1. The second kappa shape index (κ2) is 12.7. The Morgan fingerprint density at radius 2 is 1.76 bits per heavy atom. The van der Waals surface area contributed by atoms with E-state index < -0.39 is 6.29 Å². The maximum Gasteiger partial charge on any atom is 0.255 e. The Morgan fingerprint density at radius 1 is 1.00 bits per heavy atom. The highest BCUT2D eigenvalue weighted by Gasteiger charge is 2.38. The van der Waals surface area contributed by atoms with Gasteiger partial charge in [-0.1, -0.05) is 67.2 Å². The fourth-order valence-electron chi connectivity index (χ4n) is 4.66. The maximum atomic E-state index is 13.1. The first-order valence-corrected chi connectivity index (χ1v) is 14.2. The largest absolute Gasteiger partial charge is 0.392 e. The van der Waals surface area contributed by atoms with Crippen LogP contribution in [0.2, 0.25) is 0 Å². The highest BCUT2D eigenvalue weighted by atomic mass is 32.2. The van der Waals surface area contributed by atoms with E-state index in [0.29, 0.717) is 33.3 Å². The number of hydrogen-bond acceptors (Lipinski definition) is 9. The molecule has 1 fully saturated rings. The zero-order valence-electron chi connectivity index (χ0n) is 22.9. The molecular weight excluding hydrogens is 542 g/mol. The minimum Gasteiger partial charge on any atom is -0.392 e. The smallest absolute Gasteiger partial charge is 0.255 e. The number of carbonyl (C=O) groups excluding carboxylic acids is 2. The molecule has 0 aliphatic carbocycles. The molecule has 2 N–H and O–H groups in total. The summed E-state index contributed by atoms with van der Waals surface area (Å²) in [5.41, 5.74) is 3.98. The van der Waals surface area contributed by atoms with Crippen LogP contribution in [0.25, 0.3) is 0 Å². The molecule has 4 aromatic rings. The number of Topliss-reactive ketones (excluding diaryl/α,β-unsaturated/α-hetero) is 1. The fourth-order valence-corrected chi connectivity index (χ4v) is 5.67. The van der Waals surface area contributed by atoms with Gasteiger partial charge in [-0.25, -0.2) is 4.68 Å². The van der Waals surface area contributed by atoms with Crippen LogP contribution in [0.1, 0.15) is 63.6 Å². The Hall–Kier alpha value is -3.90. The van der Waals surface area contributed by atoms with Crippen molar-refractivity contribution in [2.45, 2.75) is 44.1 Å². The molecule has 4 atom stereocenters. The number of anilines is 1. The van der Waals surface area contributed by atoms with Gasteiger partial charge >= 0.3 is 0 Å². The summed E-state index contributed by atoms with van der Waals surface area (Å²) in [4.78, 5) is 24.9. The Morgan fingerprint density at radius 3 is 2.46 bits per heavy atom. The van der Waals surface area contributed by atoms with Gasteiger partial charge < -0.3 is 19.9 Å². The average Bonchev–Trinajstić information content (AvgIpc) is 3.41. The zero-order chi connectivity index (χ0) is 28.9. The lowest BCUT2D eigenvalue weighted by Gasteiger charge is -2.41. The number of nitrogens with one attached hydrogen (secondary N) is 1. The van der Waals surface area contributed by atoms with Crippen molar-refractivity contribution in [1.82, 2.24) is 20.2 Å². The third-order valence-corrected chi connectivity index (χ3v) is 8.13. The maximum absolute atomic E-state index is 13.1. The summed E-state index contributed by atoms with van der Waals surface area (Å²) in [6.07, 6.45) is -1.24. The minimum absolute atomic E-state index is 0.0139. The van der Waals surface area contributed by atoms with E-state index in [0.717, 1.165) is 11.1 Å². The van der Waals surface area contributed by atoms with Gasteiger partial charge in [-0.3, -0.25) is 9.59 Å². The van der Waals surface area contributed by atoms with Crippen LogP contribution in [0.4, 0.5) is 5.69 Å². The van der Waals surface area contributed by atoms with Crippen molar-refractivity contribution in [2.24, 2.45) is 13.0 Å². The number of aliphatic hydroxyl groups is 1. The molecule has 1 amide bonds. The molecular formula is C30H31N5O5S. The van der Waals surface area contributed by atoms with Crippen LogP contribution in [0, 0.1) is 5.92 Å². The molecule has 1 saturated heterocycles. The van der Waals surface area contributed by atoms with Crippen LogP contribution in [0.5, 0.6) is 0 Å². The van der Waals surface area contributed by atoms with E-state index in [-0.39, 0.29) is 36.4 Å². The second-order valence-electron chi connectivity index (χ2n) is 9.93. The van der Waals surface area contributed by atoms with E-state index >= 15 is 0 Å². The SMILES string of the molecule is CC(=O)c1cccc(NC(=O)c2cccc(C3OC(CSc4nnnn4C)C(C)C(c4ccc(CO)cc4)O3)c2)c1. The molecule has 10 nitrogen and oxygen atoms in total. The molecule has 2 heterocycles. The first-order chi connectivity index (χ1) is 19.8. The Labute approximate surface area is 242 Å². The van der Waals surface area contributed by atoms with Crippen LogP contribution < -0.4 is 5.32 Å². The lowest BCUT2D eigenvalue weighted by molar-refractivity contribution is -0.268. The van der Waals surface area contributed by atoms with Gasteiger partial charge in [-0.15, -0.1) is 5.10 Å². The van der Waals surface area contributed by atoms with E-state index in [1.54, 1.807) is 54.2 Å². The Bertz CT molecular complexity index is 1530. The van der Waals surface area contributed by atoms with Crippen LogP contribution >= 0.6 is 11.8 Å². The number of tetrazole rings is 1. The molecule has 11 heteroatoms. The van der Waals surface area contributed by atoms with E-state index in [2.05, 4.69) is 27.8 Å². The van der Waals surface area contributed by atoms with Crippen LogP contribution in [0.15, 0.2) is 78.0 Å². The summed E-state index contributed by atoms with van der Waals surface area (Å²) in [5, 5.41) is 24.7. The molecule has 0 bridgehead atoms. The number of ketones is 1. The standard InChI is InChI=1S/C30H31N5O5S/c1-18-26(17-41-30-32-33-34-35(30)3)39-29(40-27(18)21-12-10-20(16-36)11-13-21)24-8-4-7-23(14-24)28(38)31-25-9-5-6-22(15-25)19(2)37/h4-15,18,26-27,29,36H,16-17H2,1-3H3,(H,31,38). The highest BCUT2D eigenvalue weighted by Crippen LogP contribution is 2.43. The van der Waals surface area contributed by atoms with E-state index in [4.69, 9.17) is 9.47 Å². The van der Waals surface area contributed by atoms with Crippen molar-refractivity contribution in [2.75, 3.05) is 11.1 Å². The molecule has 3 aromatic carbocycles. The zero-order valence-corrected chi connectivity index (χ0v) is 23.7. The van der Waals surface area contributed by atoms with Gasteiger partial charge in [0.15, 0.2) is 12.1 Å². The molecule has 1 aliphatic heterocycles. The number of nitrogens with zero attached hydrogens (tertiary/aromatic N) is 4. The van der Waals surface area contributed by atoms with Gasteiger partial charge in [0.25, 0.3) is 5.91 Å². The third-order valence-electron chi connectivity index (χ3n) is 7.03. The van der Waals surface area contributed by atoms with E-state index in [1.807, 2.05) is 30.3 Å². The Balaban J connectivity index is 1.39.